The fraction of sp³-hybridized carbons (Fsp3) is 0.200. The summed E-state index contributed by atoms with van der Waals surface area (Å²) in [5.74, 6) is -6.13. The number of hydrogen-bond donors (Lipinski definition) is 2. The van der Waals surface area contributed by atoms with Crippen LogP contribution in [-0.4, -0.2) is 26.3 Å². The number of benzene rings is 3. The molecular formula is C25H22F3N3O4S. The molecule has 3 aromatic carbocycles. The second-order valence-electron chi connectivity index (χ2n) is 8.42. The molecule has 1 atom stereocenters. The van der Waals surface area contributed by atoms with E-state index in [1.54, 1.807) is 44.2 Å². The van der Waals surface area contributed by atoms with E-state index in [4.69, 9.17) is 0 Å². The fourth-order valence-electron chi connectivity index (χ4n) is 3.96. The molecule has 0 spiro atoms. The van der Waals surface area contributed by atoms with Crippen LogP contribution >= 0.6 is 0 Å². The number of anilines is 2. The first kappa shape index (κ1) is 25.2. The Bertz CT molecular complexity index is 1440. The number of fused-ring (bicyclic) bond motifs is 1. The zero-order chi connectivity index (χ0) is 26.2. The minimum atomic E-state index is -5.10. The van der Waals surface area contributed by atoms with Crippen LogP contribution in [0.1, 0.15) is 23.1 Å². The molecule has 36 heavy (non-hydrogen) atoms. The Balaban J connectivity index is 1.77. The fourth-order valence-corrected chi connectivity index (χ4v) is 5.69. The first-order chi connectivity index (χ1) is 17.0. The van der Waals surface area contributed by atoms with Gasteiger partial charge in [0.1, 0.15) is 23.5 Å². The molecule has 0 bridgehead atoms. The predicted molar refractivity (Wildman–Crippen MR) is 127 cm³/mol. The average Bonchev–Trinajstić information content (AvgIpc) is 2.79. The zero-order valence-electron chi connectivity index (χ0n) is 19.3. The van der Waals surface area contributed by atoms with E-state index >= 15 is 0 Å². The monoisotopic (exact) mass is 517 g/mol. The summed E-state index contributed by atoms with van der Waals surface area (Å²) < 4.78 is 70.5. The first-order valence-corrected chi connectivity index (χ1v) is 12.3. The lowest BCUT2D eigenvalue weighted by molar-refractivity contribution is -0.125. The Hall–Kier alpha value is -3.86. The van der Waals surface area contributed by atoms with Crippen LogP contribution in [0.4, 0.5) is 24.5 Å². The summed E-state index contributed by atoms with van der Waals surface area (Å²) in [4.78, 5) is 24.4. The van der Waals surface area contributed by atoms with Crippen molar-refractivity contribution in [2.45, 2.75) is 37.8 Å². The van der Waals surface area contributed by atoms with Gasteiger partial charge < -0.3 is 10.6 Å². The van der Waals surface area contributed by atoms with Crippen LogP contribution in [0.5, 0.6) is 0 Å². The number of rotatable bonds is 6. The molecular weight excluding hydrogens is 495 g/mol. The highest BCUT2D eigenvalue weighted by Crippen LogP contribution is 2.40. The van der Waals surface area contributed by atoms with Crippen molar-refractivity contribution in [1.29, 1.82) is 0 Å². The Morgan fingerprint density at radius 2 is 1.61 bits per heavy atom. The maximum atomic E-state index is 14.6. The number of aryl methyl sites for hydroxylation is 2. The minimum Gasteiger partial charge on any atom is -0.352 e. The third kappa shape index (κ3) is 4.78. The number of carbonyl (C=O) groups excluding carboxylic acids is 2. The maximum absolute atomic E-state index is 14.6. The Labute approximate surface area is 206 Å². The molecule has 1 unspecified atom stereocenters. The molecule has 2 N–H and O–H groups in total. The molecule has 0 saturated heterocycles. The molecule has 7 nitrogen and oxygen atoms in total. The van der Waals surface area contributed by atoms with Crippen molar-refractivity contribution < 1.29 is 31.2 Å². The number of hydrogen-bond acceptors (Lipinski definition) is 4. The van der Waals surface area contributed by atoms with E-state index in [1.807, 2.05) is 0 Å². The van der Waals surface area contributed by atoms with Crippen molar-refractivity contribution in [1.82, 2.24) is 5.32 Å². The van der Waals surface area contributed by atoms with Gasteiger partial charge in [-0.15, -0.1) is 0 Å². The molecule has 1 aliphatic heterocycles. The van der Waals surface area contributed by atoms with Gasteiger partial charge in [-0.25, -0.2) is 21.6 Å². The van der Waals surface area contributed by atoms with E-state index in [9.17, 15) is 31.2 Å². The molecule has 1 heterocycles. The van der Waals surface area contributed by atoms with Crippen LogP contribution in [0, 0.1) is 31.3 Å². The quantitative estimate of drug-likeness (QED) is 0.518. The van der Waals surface area contributed by atoms with Gasteiger partial charge in [0.05, 0.1) is 17.8 Å². The van der Waals surface area contributed by atoms with Crippen LogP contribution in [0.2, 0.25) is 0 Å². The average molecular weight is 518 g/mol. The zero-order valence-corrected chi connectivity index (χ0v) is 20.1. The molecule has 0 fully saturated rings. The summed E-state index contributed by atoms with van der Waals surface area (Å²) in [7, 11) is -5.10. The van der Waals surface area contributed by atoms with Crippen molar-refractivity contribution in [3.8, 4) is 0 Å². The summed E-state index contributed by atoms with van der Waals surface area (Å²) in [5.41, 5.74) is 2.16. The summed E-state index contributed by atoms with van der Waals surface area (Å²) in [6.45, 7) is 3.55. The SMILES string of the molecule is Cc1cc2c(cc1C)N(S(=O)(=O)c1c(F)cc(F)cc1F)C(CC(=O)NCc1ccccc1)C(=O)N2. The van der Waals surface area contributed by atoms with Crippen molar-refractivity contribution in [2.24, 2.45) is 0 Å². The predicted octanol–water partition coefficient (Wildman–Crippen LogP) is 3.94. The number of halogens is 3. The molecule has 0 saturated carbocycles. The van der Waals surface area contributed by atoms with E-state index in [2.05, 4.69) is 10.6 Å². The normalized spacial score (nSPS) is 15.3. The van der Waals surface area contributed by atoms with Gasteiger partial charge in [0, 0.05) is 18.7 Å². The highest BCUT2D eigenvalue weighted by atomic mass is 32.2. The van der Waals surface area contributed by atoms with Crippen LogP contribution in [0.25, 0.3) is 0 Å². The van der Waals surface area contributed by atoms with E-state index in [0.717, 1.165) is 11.1 Å². The number of amides is 2. The molecule has 3 aromatic rings. The van der Waals surface area contributed by atoms with Crippen LogP contribution in [-0.2, 0) is 26.2 Å². The molecule has 188 valence electrons. The molecule has 0 aromatic heterocycles. The largest absolute Gasteiger partial charge is 0.352 e. The van der Waals surface area contributed by atoms with Gasteiger partial charge in [-0.1, -0.05) is 30.3 Å². The van der Waals surface area contributed by atoms with E-state index in [-0.39, 0.29) is 30.1 Å². The number of nitrogens with one attached hydrogen (secondary N) is 2. The van der Waals surface area contributed by atoms with Gasteiger partial charge in [0.2, 0.25) is 11.8 Å². The van der Waals surface area contributed by atoms with Crippen LogP contribution in [0.15, 0.2) is 59.5 Å². The van der Waals surface area contributed by atoms with Gasteiger partial charge in [0.15, 0.2) is 4.90 Å². The molecule has 0 aliphatic carbocycles. The Kier molecular flexibility index (Phi) is 6.77. The van der Waals surface area contributed by atoms with Crippen molar-refractivity contribution >= 4 is 33.2 Å². The van der Waals surface area contributed by atoms with Gasteiger partial charge in [-0.3, -0.25) is 13.9 Å². The van der Waals surface area contributed by atoms with E-state index in [0.29, 0.717) is 9.87 Å². The Morgan fingerprint density at radius 3 is 2.25 bits per heavy atom. The molecule has 2 amide bonds. The van der Waals surface area contributed by atoms with Gasteiger partial charge in [0.25, 0.3) is 10.0 Å². The second kappa shape index (κ2) is 9.65. The third-order valence-corrected chi connectivity index (χ3v) is 7.76. The number of carbonyl (C=O) groups is 2. The summed E-state index contributed by atoms with van der Waals surface area (Å²) in [6, 6.07) is 10.7. The Morgan fingerprint density at radius 1 is 1.00 bits per heavy atom. The molecule has 1 aliphatic rings. The van der Waals surface area contributed by atoms with Crippen molar-refractivity contribution in [3.63, 3.8) is 0 Å². The third-order valence-electron chi connectivity index (χ3n) is 5.88. The van der Waals surface area contributed by atoms with Gasteiger partial charge in [-0.05, 0) is 42.7 Å². The molecule has 4 rings (SSSR count). The maximum Gasteiger partial charge on any atom is 0.271 e. The number of sulfonamides is 1. The van der Waals surface area contributed by atoms with E-state index in [1.165, 1.54) is 12.1 Å². The minimum absolute atomic E-state index is 0.0679. The van der Waals surface area contributed by atoms with Crippen molar-refractivity contribution in [3.05, 3.63) is 88.7 Å². The summed E-state index contributed by atoms with van der Waals surface area (Å²) >= 11 is 0. The van der Waals surface area contributed by atoms with Crippen LogP contribution < -0.4 is 14.9 Å². The van der Waals surface area contributed by atoms with Gasteiger partial charge in [-0.2, -0.15) is 0 Å². The highest BCUT2D eigenvalue weighted by Gasteiger charge is 2.44. The van der Waals surface area contributed by atoms with Crippen molar-refractivity contribution in [2.75, 3.05) is 9.62 Å². The van der Waals surface area contributed by atoms with E-state index < -0.39 is 56.6 Å². The summed E-state index contributed by atoms with van der Waals surface area (Å²) in [5, 5.41) is 5.19. The lowest BCUT2D eigenvalue weighted by Gasteiger charge is -2.37. The lowest BCUT2D eigenvalue weighted by atomic mass is 10.0. The standard InChI is InChI=1S/C25H22F3N3O4S/c1-14-8-20-21(9-15(14)2)31(36(34,35)24-18(27)10-17(26)11-19(24)28)22(25(33)30-20)12-23(32)29-13-16-6-4-3-5-7-16/h3-11,22H,12-13H2,1-2H3,(H,29,32)(H,30,33). The molecule has 0 radical (unpaired) electrons. The second-order valence-corrected chi connectivity index (χ2v) is 10.2. The highest BCUT2D eigenvalue weighted by molar-refractivity contribution is 7.93. The van der Waals surface area contributed by atoms with Crippen LogP contribution in [0.3, 0.4) is 0 Å². The topological polar surface area (TPSA) is 95.6 Å². The first-order valence-electron chi connectivity index (χ1n) is 10.9. The summed E-state index contributed by atoms with van der Waals surface area (Å²) in [6.07, 6.45) is -0.630. The smallest absolute Gasteiger partial charge is 0.271 e. The molecule has 11 heteroatoms. The number of nitrogens with zero attached hydrogens (tertiary/aromatic N) is 1. The lowest BCUT2D eigenvalue weighted by Crippen LogP contribution is -2.53. The van der Waals surface area contributed by atoms with Gasteiger partial charge >= 0.3 is 0 Å².